The molecule has 3 fully saturated rings. The number of halogens is 1. The molecule has 7 nitrogen and oxygen atoms in total. The third-order valence-electron chi connectivity index (χ3n) is 10.0. The van der Waals surface area contributed by atoms with Crippen molar-refractivity contribution in [1.82, 2.24) is 0 Å². The lowest BCUT2D eigenvalue weighted by Crippen LogP contribution is -2.67. The van der Waals surface area contributed by atoms with Crippen LogP contribution in [0.4, 0.5) is 4.39 Å². The molecular formula is C24H33FO7. The van der Waals surface area contributed by atoms with Gasteiger partial charge in [0.1, 0.15) is 5.67 Å². The lowest BCUT2D eigenvalue weighted by Gasteiger charge is -2.62. The fraction of sp³-hybridized carbons (Fsp3) is 0.750. The number of carbonyl (C=O) groups is 2. The van der Waals surface area contributed by atoms with Crippen LogP contribution in [0, 0.1) is 34.0 Å². The van der Waals surface area contributed by atoms with Gasteiger partial charge in [-0.2, -0.15) is 0 Å². The number of carbonyl (C=O) groups excluding carboxylic acids is 2. The SMILES string of the molecule is CC[C@]1(C(=O)OC)[C@@H](C)C[C@H]2[C@@H]3CC(O)C4=C(O)C(O)=C(O)C(=O)[C@]4(C)[C@@]3(F)CC[C@@]21C. The number of esters is 1. The van der Waals surface area contributed by atoms with Crippen LogP contribution in [0.1, 0.15) is 59.8 Å². The van der Waals surface area contributed by atoms with Crippen LogP contribution >= 0.6 is 0 Å². The third kappa shape index (κ3) is 2.20. The van der Waals surface area contributed by atoms with Gasteiger partial charge in [0.2, 0.25) is 17.3 Å². The Morgan fingerprint density at radius 2 is 1.72 bits per heavy atom. The van der Waals surface area contributed by atoms with E-state index in [9.17, 15) is 30.0 Å². The maximum Gasteiger partial charge on any atom is 0.312 e. The van der Waals surface area contributed by atoms with Crippen molar-refractivity contribution in [3.05, 3.63) is 22.9 Å². The van der Waals surface area contributed by atoms with E-state index in [1.807, 2.05) is 20.8 Å². The molecule has 8 atom stereocenters. The summed E-state index contributed by atoms with van der Waals surface area (Å²) in [5, 5.41) is 41.7. The lowest BCUT2D eigenvalue weighted by molar-refractivity contribution is -0.191. The number of alkyl halides is 1. The van der Waals surface area contributed by atoms with Gasteiger partial charge in [0.05, 0.1) is 24.0 Å². The van der Waals surface area contributed by atoms with Crippen molar-refractivity contribution in [2.45, 2.75) is 71.6 Å². The number of Topliss-reactive ketones (excluding diaryl/α,β-unsaturated/α-hetero) is 1. The quantitative estimate of drug-likeness (QED) is 0.469. The van der Waals surface area contributed by atoms with E-state index in [-0.39, 0.29) is 36.2 Å². The smallest absolute Gasteiger partial charge is 0.312 e. The molecule has 1 unspecified atom stereocenters. The monoisotopic (exact) mass is 452 g/mol. The molecule has 0 aromatic heterocycles. The largest absolute Gasteiger partial charge is 0.504 e. The summed E-state index contributed by atoms with van der Waals surface area (Å²) in [5.41, 5.74) is -5.89. The van der Waals surface area contributed by atoms with Crippen molar-refractivity contribution in [2.75, 3.05) is 7.11 Å². The summed E-state index contributed by atoms with van der Waals surface area (Å²) in [6, 6.07) is 0. The molecule has 0 aromatic rings. The van der Waals surface area contributed by atoms with Crippen molar-refractivity contribution < 1.29 is 39.1 Å². The molecule has 0 aliphatic heterocycles. The maximum atomic E-state index is 17.2. The summed E-state index contributed by atoms with van der Waals surface area (Å²) in [5.74, 6) is -5.51. The summed E-state index contributed by atoms with van der Waals surface area (Å²) in [6.45, 7) is 7.20. The topological polar surface area (TPSA) is 124 Å². The summed E-state index contributed by atoms with van der Waals surface area (Å²) in [7, 11) is 1.36. The number of allylic oxidation sites excluding steroid dienone is 1. The number of aliphatic hydroxyl groups excluding tert-OH is 4. The highest BCUT2D eigenvalue weighted by Gasteiger charge is 2.76. The number of aliphatic hydroxyl groups is 4. The molecule has 0 radical (unpaired) electrons. The summed E-state index contributed by atoms with van der Waals surface area (Å²) < 4.78 is 22.4. The van der Waals surface area contributed by atoms with Crippen molar-refractivity contribution >= 4 is 11.8 Å². The standard InChI is InChI=1S/C24H33FO7/c1-6-23(20(31)32-5)11(2)9-12-13-10-14(26)15-16(27)17(28)18(29)19(30)22(15,4)24(13,25)8-7-21(12,23)3/h11-14,26-29H,6-10H2,1-5H3/t11-,12-,13-,14?,21-,22+,23+,24+/m0/s1. The van der Waals surface area contributed by atoms with E-state index in [1.165, 1.54) is 14.0 Å². The second kappa shape index (κ2) is 6.72. The van der Waals surface area contributed by atoms with Gasteiger partial charge in [0.15, 0.2) is 5.76 Å². The summed E-state index contributed by atoms with van der Waals surface area (Å²) in [4.78, 5) is 26.3. The highest BCUT2D eigenvalue weighted by molar-refractivity contribution is 6.03. The molecule has 0 saturated heterocycles. The Kier molecular flexibility index (Phi) is 4.84. The molecule has 4 rings (SSSR count). The van der Waals surface area contributed by atoms with Crippen LogP contribution in [0.15, 0.2) is 22.9 Å². The van der Waals surface area contributed by atoms with Crippen LogP contribution in [-0.4, -0.2) is 51.1 Å². The number of ether oxygens (including phenoxy) is 1. The van der Waals surface area contributed by atoms with Crippen molar-refractivity contribution in [1.29, 1.82) is 0 Å². The van der Waals surface area contributed by atoms with Crippen LogP contribution in [0.5, 0.6) is 0 Å². The minimum atomic E-state index is -2.18. The molecule has 4 aliphatic carbocycles. The van der Waals surface area contributed by atoms with E-state index in [4.69, 9.17) is 4.74 Å². The highest BCUT2D eigenvalue weighted by Crippen LogP contribution is 2.74. The first-order chi connectivity index (χ1) is 14.8. The van der Waals surface area contributed by atoms with Crippen molar-refractivity contribution in [3.63, 3.8) is 0 Å². The Bertz CT molecular complexity index is 956. The Morgan fingerprint density at radius 1 is 1.09 bits per heavy atom. The molecular weight excluding hydrogens is 419 g/mol. The second-order valence-corrected chi connectivity index (χ2v) is 10.6. The Morgan fingerprint density at radius 3 is 2.28 bits per heavy atom. The van der Waals surface area contributed by atoms with Gasteiger partial charge >= 0.3 is 5.97 Å². The molecule has 4 aliphatic rings. The number of methoxy groups -OCH3 is 1. The Balaban J connectivity index is 1.89. The zero-order valence-corrected chi connectivity index (χ0v) is 19.2. The second-order valence-electron chi connectivity index (χ2n) is 10.6. The van der Waals surface area contributed by atoms with Crippen LogP contribution in [0.25, 0.3) is 0 Å². The van der Waals surface area contributed by atoms with Gasteiger partial charge in [-0.1, -0.05) is 20.8 Å². The first-order valence-electron chi connectivity index (χ1n) is 11.4. The lowest BCUT2D eigenvalue weighted by atomic mass is 9.43. The first kappa shape index (κ1) is 23.1. The van der Waals surface area contributed by atoms with Crippen molar-refractivity contribution in [2.24, 2.45) is 34.0 Å². The minimum Gasteiger partial charge on any atom is -0.504 e. The number of ketones is 1. The normalized spacial score (nSPS) is 48.3. The molecule has 178 valence electrons. The van der Waals surface area contributed by atoms with Gasteiger partial charge < -0.3 is 25.2 Å². The molecule has 0 aromatic carbocycles. The number of hydrogen-bond donors (Lipinski definition) is 4. The number of hydrogen-bond acceptors (Lipinski definition) is 7. The van der Waals surface area contributed by atoms with Gasteiger partial charge in [-0.3, -0.25) is 9.59 Å². The molecule has 4 N–H and O–H groups in total. The fourth-order valence-corrected chi connectivity index (χ4v) is 8.39. The zero-order chi connectivity index (χ0) is 24.0. The zero-order valence-electron chi connectivity index (χ0n) is 19.2. The molecule has 32 heavy (non-hydrogen) atoms. The van der Waals surface area contributed by atoms with E-state index in [0.717, 1.165) is 0 Å². The average molecular weight is 453 g/mol. The first-order valence-corrected chi connectivity index (χ1v) is 11.4. The fourth-order valence-electron chi connectivity index (χ4n) is 8.39. The van der Waals surface area contributed by atoms with Gasteiger partial charge in [-0.05, 0) is 56.3 Å². The summed E-state index contributed by atoms with van der Waals surface area (Å²) in [6.07, 6.45) is -0.147. The molecule has 0 amide bonds. The predicted octanol–water partition coefficient (Wildman–Crippen LogP) is 3.83. The summed E-state index contributed by atoms with van der Waals surface area (Å²) >= 11 is 0. The van der Waals surface area contributed by atoms with E-state index in [0.29, 0.717) is 19.3 Å². The molecule has 0 spiro atoms. The Hall–Kier alpha value is -2.09. The number of rotatable bonds is 2. The van der Waals surface area contributed by atoms with E-state index in [1.54, 1.807) is 0 Å². The van der Waals surface area contributed by atoms with E-state index >= 15 is 4.39 Å². The third-order valence-corrected chi connectivity index (χ3v) is 10.0. The van der Waals surface area contributed by atoms with Gasteiger partial charge in [-0.15, -0.1) is 0 Å². The Labute approximate surface area is 187 Å². The molecule has 0 heterocycles. The van der Waals surface area contributed by atoms with E-state index in [2.05, 4.69) is 0 Å². The highest BCUT2D eigenvalue weighted by atomic mass is 19.1. The predicted molar refractivity (Wildman–Crippen MR) is 112 cm³/mol. The molecule has 8 heteroatoms. The van der Waals surface area contributed by atoms with Gasteiger partial charge in [-0.25, -0.2) is 4.39 Å². The van der Waals surface area contributed by atoms with E-state index < -0.39 is 57.0 Å². The van der Waals surface area contributed by atoms with Gasteiger partial charge in [0, 0.05) is 11.5 Å². The number of fused-ring (bicyclic) bond motifs is 5. The average Bonchev–Trinajstić information content (AvgIpc) is 2.99. The van der Waals surface area contributed by atoms with Crippen LogP contribution in [-0.2, 0) is 14.3 Å². The van der Waals surface area contributed by atoms with Crippen LogP contribution < -0.4 is 0 Å². The minimum absolute atomic E-state index is 0.0548. The van der Waals surface area contributed by atoms with Crippen LogP contribution in [0.2, 0.25) is 0 Å². The van der Waals surface area contributed by atoms with Gasteiger partial charge in [0.25, 0.3) is 0 Å². The van der Waals surface area contributed by atoms with Crippen molar-refractivity contribution in [3.8, 4) is 0 Å². The molecule has 3 saturated carbocycles. The molecule has 0 bridgehead atoms. The van der Waals surface area contributed by atoms with Crippen LogP contribution in [0.3, 0.4) is 0 Å². The maximum absolute atomic E-state index is 17.2.